The number of hydrazine groups is 2. The Labute approximate surface area is 211 Å². The quantitative estimate of drug-likeness (QED) is 0.235. The third kappa shape index (κ3) is 5.36. The van der Waals surface area contributed by atoms with Crippen molar-refractivity contribution in [2.45, 2.75) is 20.3 Å². The molecule has 11 nitrogen and oxygen atoms in total. The predicted octanol–water partition coefficient (Wildman–Crippen LogP) is 2.13. The molecule has 1 saturated heterocycles. The van der Waals surface area contributed by atoms with Gasteiger partial charge in [0.25, 0.3) is 0 Å². The summed E-state index contributed by atoms with van der Waals surface area (Å²) in [5.74, 6) is 7.77. The van der Waals surface area contributed by atoms with Crippen LogP contribution in [0.2, 0.25) is 0 Å². The lowest BCUT2D eigenvalue weighted by molar-refractivity contribution is -0.0340. The van der Waals surface area contributed by atoms with E-state index in [1.807, 2.05) is 17.3 Å². The van der Waals surface area contributed by atoms with Crippen LogP contribution in [-0.4, -0.2) is 75.7 Å². The van der Waals surface area contributed by atoms with Gasteiger partial charge in [0.05, 0.1) is 23.8 Å². The summed E-state index contributed by atoms with van der Waals surface area (Å²) in [7, 11) is 1.77. The van der Waals surface area contributed by atoms with Gasteiger partial charge >= 0.3 is 0 Å². The number of nitriles is 1. The van der Waals surface area contributed by atoms with Gasteiger partial charge in [-0.25, -0.2) is 19.5 Å². The van der Waals surface area contributed by atoms with Crippen LogP contribution in [0.4, 0.5) is 5.82 Å². The van der Waals surface area contributed by atoms with Crippen LogP contribution in [0.5, 0.6) is 0 Å². The van der Waals surface area contributed by atoms with Gasteiger partial charge in [0.1, 0.15) is 23.0 Å². The van der Waals surface area contributed by atoms with Crippen LogP contribution >= 0.6 is 0 Å². The molecule has 4 heterocycles. The topological polar surface area (TPSA) is 138 Å². The van der Waals surface area contributed by atoms with Crippen LogP contribution < -0.4 is 16.1 Å². The van der Waals surface area contributed by atoms with E-state index in [0.717, 1.165) is 50.5 Å². The molecule has 1 aliphatic rings. The van der Waals surface area contributed by atoms with E-state index in [0.29, 0.717) is 34.0 Å². The smallest absolute Gasteiger partial charge is 0.128 e. The molecule has 0 aromatic carbocycles. The van der Waals surface area contributed by atoms with Crippen LogP contribution in [0, 0.1) is 22.7 Å². The zero-order valence-electron chi connectivity index (χ0n) is 21.0. The molecule has 0 spiro atoms. The van der Waals surface area contributed by atoms with Gasteiger partial charge < -0.3 is 15.6 Å². The molecule has 1 aliphatic heterocycles. The summed E-state index contributed by atoms with van der Waals surface area (Å²) < 4.78 is 1.63. The number of piperazine rings is 1. The minimum Gasteiger partial charge on any atom is -0.393 e. The van der Waals surface area contributed by atoms with E-state index >= 15 is 0 Å². The molecule has 0 radical (unpaired) electrons. The average Bonchev–Trinajstić information content (AvgIpc) is 3.33. The molecule has 0 atom stereocenters. The third-order valence-corrected chi connectivity index (χ3v) is 6.27. The summed E-state index contributed by atoms with van der Waals surface area (Å²) in [4.78, 5) is 11.8. The first kappa shape index (κ1) is 25.2. The number of pyridine rings is 1. The number of fused-ring (bicyclic) bond motifs is 1. The van der Waals surface area contributed by atoms with Gasteiger partial charge in [0.2, 0.25) is 0 Å². The molecule has 0 amide bonds. The molecule has 0 unspecified atom stereocenters. The van der Waals surface area contributed by atoms with Crippen molar-refractivity contribution in [1.82, 2.24) is 35.0 Å². The molecule has 3 aromatic heterocycles. The van der Waals surface area contributed by atoms with Crippen molar-refractivity contribution in [3.63, 3.8) is 0 Å². The Bertz CT molecular complexity index is 1260. The van der Waals surface area contributed by atoms with Crippen molar-refractivity contribution in [3.05, 3.63) is 48.2 Å². The SMILES string of the molecule is CN/C=C(\C=N)c1cn2ncc(C#N)c2c(-c2ccc(N3CCN(N(N)CCC(C)C)CC3)nc2)n1. The number of aromatic nitrogens is 4. The Morgan fingerprint density at radius 2 is 2.06 bits per heavy atom. The number of nitrogens with zero attached hydrogens (tertiary/aromatic N) is 8. The Morgan fingerprint density at radius 3 is 2.67 bits per heavy atom. The van der Waals surface area contributed by atoms with Crippen molar-refractivity contribution in [2.75, 3.05) is 44.7 Å². The molecule has 0 saturated carbocycles. The van der Waals surface area contributed by atoms with Crippen molar-refractivity contribution in [3.8, 4) is 17.3 Å². The average molecular weight is 488 g/mol. The van der Waals surface area contributed by atoms with E-state index in [9.17, 15) is 5.26 Å². The summed E-state index contributed by atoms with van der Waals surface area (Å²) in [6, 6.07) is 6.15. The van der Waals surface area contributed by atoms with Crippen molar-refractivity contribution < 1.29 is 0 Å². The minimum atomic E-state index is 0.432. The Morgan fingerprint density at radius 1 is 1.28 bits per heavy atom. The lowest BCUT2D eigenvalue weighted by Crippen LogP contribution is -2.56. The Hall–Kier alpha value is -3.85. The summed E-state index contributed by atoms with van der Waals surface area (Å²) in [5, 5.41) is 28.7. The van der Waals surface area contributed by atoms with Gasteiger partial charge in [-0.05, 0) is 24.5 Å². The van der Waals surface area contributed by atoms with Crippen molar-refractivity contribution in [2.24, 2.45) is 11.8 Å². The predicted molar refractivity (Wildman–Crippen MR) is 141 cm³/mol. The summed E-state index contributed by atoms with van der Waals surface area (Å²) in [6.45, 7) is 8.61. The molecule has 188 valence electrons. The van der Waals surface area contributed by atoms with E-state index in [2.05, 4.69) is 40.2 Å². The van der Waals surface area contributed by atoms with E-state index in [1.165, 1.54) is 12.4 Å². The second kappa shape index (κ2) is 11.3. The number of hydrogen-bond donors (Lipinski definition) is 3. The van der Waals surface area contributed by atoms with Crippen molar-refractivity contribution >= 4 is 23.1 Å². The molecule has 11 heteroatoms. The summed E-state index contributed by atoms with van der Waals surface area (Å²) >= 11 is 0. The highest BCUT2D eigenvalue weighted by Crippen LogP contribution is 2.28. The standard InChI is InChI=1S/C25H33N11/c1-18(2)6-7-36(28)34-10-8-33(9-11-34)23-5-4-19(15-30-23)24-25-21(13-27)16-31-35(25)17-22(32-24)20(12-26)14-29-3/h4-5,12,14-18,26,29H,6-11,28H2,1-3H3/b20-14+,26-12?. The van der Waals surface area contributed by atoms with Gasteiger partial charge in [-0.2, -0.15) is 15.5 Å². The molecule has 36 heavy (non-hydrogen) atoms. The number of nitrogens with one attached hydrogen (secondary N) is 2. The van der Waals surface area contributed by atoms with Crippen molar-refractivity contribution in [1.29, 1.82) is 10.7 Å². The molecule has 1 fully saturated rings. The number of hydrogen-bond acceptors (Lipinski definition) is 10. The maximum absolute atomic E-state index is 9.61. The van der Waals surface area contributed by atoms with Gasteiger partial charge in [0, 0.05) is 69.5 Å². The minimum absolute atomic E-state index is 0.432. The molecular weight excluding hydrogens is 454 g/mol. The Kier molecular flexibility index (Phi) is 7.90. The highest BCUT2D eigenvalue weighted by Gasteiger charge is 2.22. The second-order valence-corrected chi connectivity index (χ2v) is 9.16. The maximum atomic E-state index is 9.61. The second-order valence-electron chi connectivity index (χ2n) is 9.16. The molecule has 0 aliphatic carbocycles. The number of allylic oxidation sites excluding steroid dienone is 1. The van der Waals surface area contributed by atoms with E-state index in [1.54, 1.807) is 30.2 Å². The fraction of sp³-hybridized carbons (Fsp3) is 0.400. The van der Waals surface area contributed by atoms with Crippen LogP contribution in [-0.2, 0) is 0 Å². The van der Waals surface area contributed by atoms with Gasteiger partial charge in [-0.15, -0.1) is 0 Å². The van der Waals surface area contributed by atoms with Gasteiger partial charge in [-0.1, -0.05) is 13.8 Å². The first-order chi connectivity index (χ1) is 17.4. The van der Waals surface area contributed by atoms with Crippen LogP contribution in [0.1, 0.15) is 31.5 Å². The monoisotopic (exact) mass is 487 g/mol. The Balaban J connectivity index is 1.57. The maximum Gasteiger partial charge on any atom is 0.128 e. The molecule has 4 N–H and O–H groups in total. The zero-order valence-corrected chi connectivity index (χ0v) is 21.0. The molecule has 4 rings (SSSR count). The van der Waals surface area contributed by atoms with Crippen LogP contribution in [0.15, 0.2) is 36.9 Å². The first-order valence-electron chi connectivity index (χ1n) is 12.1. The number of anilines is 1. The highest BCUT2D eigenvalue weighted by atomic mass is 15.8. The lowest BCUT2D eigenvalue weighted by atomic mass is 10.1. The van der Waals surface area contributed by atoms with Crippen LogP contribution in [0.25, 0.3) is 22.3 Å². The van der Waals surface area contributed by atoms with E-state index in [-0.39, 0.29) is 0 Å². The zero-order chi connectivity index (χ0) is 25.7. The largest absolute Gasteiger partial charge is 0.393 e. The van der Waals surface area contributed by atoms with E-state index < -0.39 is 0 Å². The molecular formula is C25H33N11. The first-order valence-corrected chi connectivity index (χ1v) is 12.1. The van der Waals surface area contributed by atoms with Gasteiger partial charge in [-0.3, -0.25) is 5.84 Å². The molecule has 3 aromatic rings. The summed E-state index contributed by atoms with van der Waals surface area (Å²) in [5.41, 5.74) is 3.58. The van der Waals surface area contributed by atoms with Crippen LogP contribution in [0.3, 0.4) is 0 Å². The van der Waals surface area contributed by atoms with E-state index in [4.69, 9.17) is 21.2 Å². The lowest BCUT2D eigenvalue weighted by Gasteiger charge is -2.39. The highest BCUT2D eigenvalue weighted by molar-refractivity contribution is 6.07. The van der Waals surface area contributed by atoms with Gasteiger partial charge in [0.15, 0.2) is 0 Å². The number of nitrogens with two attached hydrogens (primary N) is 1. The third-order valence-electron chi connectivity index (χ3n) is 6.27. The fourth-order valence-electron chi connectivity index (χ4n) is 4.21. The summed E-state index contributed by atoms with van der Waals surface area (Å²) in [6.07, 6.45) is 9.03. The fourth-order valence-corrected chi connectivity index (χ4v) is 4.21. The number of rotatable bonds is 9. The molecule has 0 bridgehead atoms. The normalized spacial score (nSPS) is 15.0.